The molecular formula is C20H21N3O2. The molecule has 128 valence electrons. The molecule has 0 fully saturated rings. The Morgan fingerprint density at radius 2 is 1.80 bits per heavy atom. The molecule has 5 heteroatoms. The lowest BCUT2D eigenvalue weighted by atomic mass is 10.1. The van der Waals surface area contributed by atoms with Gasteiger partial charge in [0.05, 0.1) is 23.9 Å². The van der Waals surface area contributed by atoms with Crippen molar-refractivity contribution in [2.75, 3.05) is 0 Å². The van der Waals surface area contributed by atoms with E-state index in [1.54, 1.807) is 12.5 Å². The van der Waals surface area contributed by atoms with Crippen molar-refractivity contribution >= 4 is 5.71 Å². The highest BCUT2D eigenvalue weighted by Gasteiger charge is 2.01. The van der Waals surface area contributed by atoms with Gasteiger partial charge >= 0.3 is 0 Å². The van der Waals surface area contributed by atoms with E-state index in [1.807, 2.05) is 43.3 Å². The molecule has 1 N–H and O–H groups in total. The molecule has 0 saturated heterocycles. The van der Waals surface area contributed by atoms with E-state index < -0.39 is 0 Å². The third-order valence-electron chi connectivity index (χ3n) is 3.77. The maximum absolute atomic E-state index is 5.69. The third-order valence-corrected chi connectivity index (χ3v) is 3.77. The van der Waals surface area contributed by atoms with Crippen LogP contribution < -0.4 is 4.74 Å². The van der Waals surface area contributed by atoms with Crippen LogP contribution in [0.3, 0.4) is 0 Å². The molecule has 2 aromatic carbocycles. The number of aromatic amines is 1. The maximum Gasteiger partial charge on any atom is 0.142 e. The molecule has 3 aromatic rings. The van der Waals surface area contributed by atoms with E-state index in [4.69, 9.17) is 9.57 Å². The Bertz CT molecular complexity index is 807. The van der Waals surface area contributed by atoms with Gasteiger partial charge in [0, 0.05) is 0 Å². The lowest BCUT2D eigenvalue weighted by Gasteiger charge is -2.06. The first kappa shape index (κ1) is 16.8. The van der Waals surface area contributed by atoms with Crippen molar-refractivity contribution in [3.8, 4) is 5.75 Å². The molecule has 0 spiro atoms. The Balaban J connectivity index is 1.52. The first-order valence-electron chi connectivity index (χ1n) is 8.13. The van der Waals surface area contributed by atoms with E-state index in [1.165, 1.54) is 5.56 Å². The molecule has 3 rings (SSSR count). The Labute approximate surface area is 147 Å². The van der Waals surface area contributed by atoms with Gasteiger partial charge in [-0.2, -0.15) is 0 Å². The number of nitrogens with zero attached hydrogens (tertiary/aromatic N) is 2. The third kappa shape index (κ3) is 4.94. The van der Waals surface area contributed by atoms with E-state index >= 15 is 0 Å². The summed E-state index contributed by atoms with van der Waals surface area (Å²) in [4.78, 5) is 12.4. The van der Waals surface area contributed by atoms with Crippen LogP contribution in [0, 0.1) is 6.92 Å². The van der Waals surface area contributed by atoms with Gasteiger partial charge < -0.3 is 14.6 Å². The van der Waals surface area contributed by atoms with Gasteiger partial charge in [0.1, 0.15) is 19.0 Å². The summed E-state index contributed by atoms with van der Waals surface area (Å²) in [5.41, 5.74) is 5.10. The van der Waals surface area contributed by atoms with E-state index in [0.717, 1.165) is 28.3 Å². The minimum atomic E-state index is 0.461. The number of rotatable bonds is 7. The molecule has 1 aromatic heterocycles. The number of aromatic nitrogens is 2. The van der Waals surface area contributed by atoms with Crippen molar-refractivity contribution in [2.24, 2.45) is 5.16 Å². The van der Waals surface area contributed by atoms with Gasteiger partial charge in [-0.3, -0.25) is 0 Å². The number of ether oxygens (including phenoxy) is 1. The highest BCUT2D eigenvalue weighted by atomic mass is 16.6. The van der Waals surface area contributed by atoms with Gasteiger partial charge in [0.15, 0.2) is 0 Å². The molecule has 0 radical (unpaired) electrons. The number of hydrogen-bond acceptors (Lipinski definition) is 4. The molecule has 0 atom stereocenters. The lowest BCUT2D eigenvalue weighted by molar-refractivity contribution is 0.130. The molecule has 5 nitrogen and oxygen atoms in total. The Kier molecular flexibility index (Phi) is 5.46. The van der Waals surface area contributed by atoms with Gasteiger partial charge in [-0.05, 0) is 49.2 Å². The van der Waals surface area contributed by atoms with E-state index in [-0.39, 0.29) is 0 Å². The second kappa shape index (κ2) is 8.15. The summed E-state index contributed by atoms with van der Waals surface area (Å²) in [5.74, 6) is 0.798. The highest BCUT2D eigenvalue weighted by molar-refractivity contribution is 5.98. The molecule has 25 heavy (non-hydrogen) atoms. The van der Waals surface area contributed by atoms with Crippen LogP contribution in [0.2, 0.25) is 0 Å². The van der Waals surface area contributed by atoms with Crippen LogP contribution in [0.4, 0.5) is 0 Å². The van der Waals surface area contributed by atoms with Crippen molar-refractivity contribution in [3.05, 3.63) is 83.4 Å². The molecule has 1 heterocycles. The van der Waals surface area contributed by atoms with Crippen LogP contribution in [0.25, 0.3) is 0 Å². The molecule has 0 saturated carbocycles. The molecule has 0 bridgehead atoms. The van der Waals surface area contributed by atoms with E-state index in [9.17, 15) is 0 Å². The van der Waals surface area contributed by atoms with Crippen LogP contribution in [0.1, 0.15) is 29.3 Å². The molecule has 0 aliphatic carbocycles. The summed E-state index contributed by atoms with van der Waals surface area (Å²) in [6.45, 7) is 4.92. The quantitative estimate of drug-likeness (QED) is 0.519. The summed E-state index contributed by atoms with van der Waals surface area (Å²) < 4.78 is 5.69. The second-order valence-electron chi connectivity index (χ2n) is 5.83. The van der Waals surface area contributed by atoms with E-state index in [0.29, 0.717) is 13.2 Å². The van der Waals surface area contributed by atoms with Crippen LogP contribution in [-0.2, 0) is 18.1 Å². The number of aryl methyl sites for hydroxylation is 1. The van der Waals surface area contributed by atoms with E-state index in [2.05, 4.69) is 34.2 Å². The number of imidazole rings is 1. The highest BCUT2D eigenvalue weighted by Crippen LogP contribution is 2.14. The summed E-state index contributed by atoms with van der Waals surface area (Å²) in [6, 6.07) is 16.0. The Hall–Kier alpha value is -3.08. The summed E-state index contributed by atoms with van der Waals surface area (Å²) >= 11 is 0. The number of oxime groups is 1. The lowest BCUT2D eigenvalue weighted by Crippen LogP contribution is -1.99. The molecule has 0 aliphatic heterocycles. The van der Waals surface area contributed by atoms with Crippen LogP contribution in [0.5, 0.6) is 5.75 Å². The molecule has 0 unspecified atom stereocenters. The zero-order valence-electron chi connectivity index (χ0n) is 14.4. The normalized spacial score (nSPS) is 11.4. The van der Waals surface area contributed by atoms with Crippen LogP contribution >= 0.6 is 0 Å². The Morgan fingerprint density at radius 3 is 2.48 bits per heavy atom. The average Bonchev–Trinajstić information content (AvgIpc) is 3.15. The Morgan fingerprint density at radius 1 is 1.04 bits per heavy atom. The number of benzene rings is 2. The van der Waals surface area contributed by atoms with Crippen molar-refractivity contribution in [3.63, 3.8) is 0 Å². The van der Waals surface area contributed by atoms with Crippen molar-refractivity contribution in [1.82, 2.24) is 9.97 Å². The van der Waals surface area contributed by atoms with Gasteiger partial charge in [-0.15, -0.1) is 0 Å². The summed E-state index contributed by atoms with van der Waals surface area (Å²) in [5, 5.41) is 4.19. The zero-order chi connectivity index (χ0) is 17.5. The first-order valence-corrected chi connectivity index (χ1v) is 8.13. The van der Waals surface area contributed by atoms with Crippen molar-refractivity contribution in [2.45, 2.75) is 27.1 Å². The molecule has 0 amide bonds. The largest absolute Gasteiger partial charge is 0.487 e. The standard InChI is InChI=1S/C20H21N3O2/c1-15-3-5-17(6-4-15)12-25-23-16(2)18-7-9-20(10-8-18)24-13-19-11-21-14-22-19/h3-11,14H,12-13H2,1-2H3,(H,21,22)/b23-16+. The monoisotopic (exact) mass is 335 g/mol. The fourth-order valence-electron chi connectivity index (χ4n) is 2.26. The van der Waals surface area contributed by atoms with Gasteiger partial charge in [-0.1, -0.05) is 35.0 Å². The first-order chi connectivity index (χ1) is 12.2. The predicted octanol–water partition coefficient (Wildman–Crippen LogP) is 4.24. The summed E-state index contributed by atoms with van der Waals surface area (Å²) in [6.07, 6.45) is 3.38. The smallest absolute Gasteiger partial charge is 0.142 e. The number of hydrogen-bond donors (Lipinski definition) is 1. The fourth-order valence-corrected chi connectivity index (χ4v) is 2.26. The number of H-pyrrole nitrogens is 1. The van der Waals surface area contributed by atoms with Crippen molar-refractivity contribution in [1.29, 1.82) is 0 Å². The van der Waals surface area contributed by atoms with Gasteiger partial charge in [0.2, 0.25) is 0 Å². The summed E-state index contributed by atoms with van der Waals surface area (Å²) in [7, 11) is 0. The fraction of sp³-hybridized carbons (Fsp3) is 0.200. The minimum Gasteiger partial charge on any atom is -0.487 e. The topological polar surface area (TPSA) is 59.5 Å². The van der Waals surface area contributed by atoms with Gasteiger partial charge in [0.25, 0.3) is 0 Å². The minimum absolute atomic E-state index is 0.461. The van der Waals surface area contributed by atoms with Gasteiger partial charge in [-0.25, -0.2) is 4.98 Å². The van der Waals surface area contributed by atoms with Crippen molar-refractivity contribution < 1.29 is 9.57 Å². The second-order valence-corrected chi connectivity index (χ2v) is 5.83. The maximum atomic E-state index is 5.69. The zero-order valence-corrected chi connectivity index (χ0v) is 14.4. The SMILES string of the molecule is C/C(=N\OCc1ccc(C)cc1)c1ccc(OCc2cnc[nH]2)cc1. The average molecular weight is 335 g/mol. The van der Waals surface area contributed by atoms with Crippen LogP contribution in [0.15, 0.2) is 66.2 Å². The van der Waals surface area contributed by atoms with Crippen LogP contribution in [-0.4, -0.2) is 15.7 Å². The molecular weight excluding hydrogens is 314 g/mol. The number of nitrogens with one attached hydrogen (secondary N) is 1. The molecule has 0 aliphatic rings. The predicted molar refractivity (Wildman–Crippen MR) is 97.5 cm³/mol.